The SMILES string of the molecule is CSc1nnc(C(=O)[C@H](CC(C)C)NC(=O)[C@@H]2CCCC[C@@H]2NC(=O)c2cccc(CN3CCCC3)c2)o1.Cl.[HH]. The fraction of sp³-hybridized carbons (Fsp3) is 0.607. The third-order valence-electron chi connectivity index (χ3n) is 7.35. The van der Waals surface area contributed by atoms with Gasteiger partial charge >= 0.3 is 0 Å². The van der Waals surface area contributed by atoms with Gasteiger partial charge in [-0.3, -0.25) is 19.3 Å². The zero-order valence-electron chi connectivity index (χ0n) is 23.0. The first kappa shape index (κ1) is 31.1. The summed E-state index contributed by atoms with van der Waals surface area (Å²) < 4.78 is 5.44. The number of Topliss-reactive ketones (excluding diaryl/α,β-unsaturated/α-hetero) is 1. The van der Waals surface area contributed by atoms with E-state index in [4.69, 9.17) is 4.42 Å². The zero-order chi connectivity index (χ0) is 27.1. The van der Waals surface area contributed by atoms with E-state index in [-0.39, 0.29) is 49.3 Å². The number of benzene rings is 1. The third-order valence-corrected chi connectivity index (χ3v) is 7.86. The lowest BCUT2D eigenvalue weighted by atomic mass is 9.83. The van der Waals surface area contributed by atoms with Gasteiger partial charge in [0.15, 0.2) is 0 Å². The summed E-state index contributed by atoms with van der Waals surface area (Å²) in [6.45, 7) is 7.03. The summed E-state index contributed by atoms with van der Waals surface area (Å²) in [4.78, 5) is 42.2. The number of carbonyl (C=O) groups excluding carboxylic acids is 3. The quantitative estimate of drug-likeness (QED) is 0.289. The molecule has 2 amide bonds. The Balaban J connectivity index is 0.00000280. The molecular formula is C28H42ClN5O4S. The molecule has 3 atom stereocenters. The van der Waals surface area contributed by atoms with Gasteiger partial charge < -0.3 is 15.1 Å². The van der Waals surface area contributed by atoms with Crippen molar-refractivity contribution >= 4 is 41.8 Å². The van der Waals surface area contributed by atoms with Crippen molar-refractivity contribution in [1.82, 2.24) is 25.7 Å². The molecule has 0 bridgehead atoms. The Labute approximate surface area is 242 Å². The molecule has 1 saturated heterocycles. The van der Waals surface area contributed by atoms with Gasteiger partial charge in [0.2, 0.25) is 11.7 Å². The van der Waals surface area contributed by atoms with Gasteiger partial charge in [-0.1, -0.05) is 50.6 Å². The minimum atomic E-state index is -0.766. The molecule has 1 aromatic heterocycles. The van der Waals surface area contributed by atoms with Gasteiger partial charge in [-0.15, -0.1) is 22.6 Å². The van der Waals surface area contributed by atoms with E-state index in [1.54, 1.807) is 6.26 Å². The molecule has 216 valence electrons. The molecule has 39 heavy (non-hydrogen) atoms. The summed E-state index contributed by atoms with van der Waals surface area (Å²) in [6, 6.07) is 6.70. The summed E-state index contributed by atoms with van der Waals surface area (Å²) in [5, 5.41) is 14.1. The summed E-state index contributed by atoms with van der Waals surface area (Å²) in [7, 11) is 0. The molecule has 9 nitrogen and oxygen atoms in total. The van der Waals surface area contributed by atoms with E-state index < -0.39 is 12.0 Å². The second-order valence-electron chi connectivity index (χ2n) is 10.8. The highest BCUT2D eigenvalue weighted by Gasteiger charge is 2.35. The number of ketones is 1. The smallest absolute Gasteiger partial charge is 0.286 e. The highest BCUT2D eigenvalue weighted by Crippen LogP contribution is 2.26. The zero-order valence-corrected chi connectivity index (χ0v) is 24.6. The van der Waals surface area contributed by atoms with Crippen molar-refractivity contribution in [2.75, 3.05) is 19.3 Å². The van der Waals surface area contributed by atoms with E-state index in [2.05, 4.69) is 31.8 Å². The van der Waals surface area contributed by atoms with Gasteiger partial charge in [0.05, 0.1) is 12.0 Å². The van der Waals surface area contributed by atoms with E-state index in [0.717, 1.165) is 44.5 Å². The van der Waals surface area contributed by atoms with Gasteiger partial charge in [-0.2, -0.15) is 0 Å². The van der Waals surface area contributed by atoms with Gasteiger partial charge in [0.1, 0.15) is 0 Å². The van der Waals surface area contributed by atoms with Crippen LogP contribution >= 0.6 is 24.2 Å². The van der Waals surface area contributed by atoms with Gasteiger partial charge in [-0.05, 0) is 75.1 Å². The number of halogens is 1. The fourth-order valence-electron chi connectivity index (χ4n) is 5.40. The fourth-order valence-corrected chi connectivity index (χ4v) is 5.69. The van der Waals surface area contributed by atoms with Crippen LogP contribution in [0.25, 0.3) is 0 Å². The van der Waals surface area contributed by atoms with E-state index in [0.29, 0.717) is 23.6 Å². The van der Waals surface area contributed by atoms with E-state index in [9.17, 15) is 14.4 Å². The Morgan fingerprint density at radius 3 is 2.56 bits per heavy atom. The Morgan fingerprint density at radius 1 is 1.13 bits per heavy atom. The van der Waals surface area contributed by atoms with Crippen LogP contribution in [0, 0.1) is 11.8 Å². The molecule has 2 aliphatic rings. The Bertz CT molecular complexity index is 1130. The lowest BCUT2D eigenvalue weighted by molar-refractivity contribution is -0.127. The third kappa shape index (κ3) is 8.53. The van der Waals surface area contributed by atoms with Crippen molar-refractivity contribution in [3.05, 3.63) is 41.3 Å². The van der Waals surface area contributed by atoms with Crippen LogP contribution in [0.15, 0.2) is 33.9 Å². The van der Waals surface area contributed by atoms with Crippen LogP contribution in [0.1, 0.15) is 86.8 Å². The maximum atomic E-state index is 13.5. The van der Waals surface area contributed by atoms with E-state index in [1.165, 1.54) is 24.6 Å². The number of hydrogen-bond donors (Lipinski definition) is 2. The summed E-state index contributed by atoms with van der Waals surface area (Å²) in [6.07, 6.45) is 7.92. The molecule has 1 aromatic carbocycles. The number of nitrogens with zero attached hydrogens (tertiary/aromatic N) is 3. The van der Waals surface area contributed by atoms with Gasteiger partial charge in [-0.25, -0.2) is 0 Å². The highest BCUT2D eigenvalue weighted by atomic mass is 35.5. The number of aromatic nitrogens is 2. The summed E-state index contributed by atoms with van der Waals surface area (Å²) in [5.74, 6) is -1.10. The molecule has 0 unspecified atom stereocenters. The van der Waals surface area contributed by atoms with Gasteiger partial charge in [0.25, 0.3) is 17.0 Å². The minimum absolute atomic E-state index is 0. The number of hydrogen-bond acceptors (Lipinski definition) is 8. The number of amides is 2. The number of carbonyl (C=O) groups is 3. The van der Waals surface area contributed by atoms with Crippen molar-refractivity contribution in [3.63, 3.8) is 0 Å². The number of rotatable bonds is 11. The monoisotopic (exact) mass is 579 g/mol. The first-order valence-corrected chi connectivity index (χ1v) is 14.9. The van der Waals surface area contributed by atoms with Crippen LogP contribution in [0.4, 0.5) is 0 Å². The minimum Gasteiger partial charge on any atom is -0.408 e. The molecule has 1 aliphatic carbocycles. The Hall–Kier alpha value is -2.43. The van der Waals surface area contributed by atoms with Crippen molar-refractivity contribution in [2.24, 2.45) is 11.8 Å². The van der Waals surface area contributed by atoms with Crippen molar-refractivity contribution in [3.8, 4) is 0 Å². The second-order valence-corrected chi connectivity index (χ2v) is 11.5. The first-order chi connectivity index (χ1) is 18.3. The largest absolute Gasteiger partial charge is 0.408 e. The van der Waals surface area contributed by atoms with Crippen LogP contribution in [-0.4, -0.2) is 64.1 Å². The molecule has 2 fully saturated rings. The van der Waals surface area contributed by atoms with E-state index >= 15 is 0 Å². The number of likely N-dealkylation sites (tertiary alicyclic amines) is 1. The average molecular weight is 580 g/mol. The van der Waals surface area contributed by atoms with Crippen LogP contribution in [0.2, 0.25) is 0 Å². The maximum Gasteiger partial charge on any atom is 0.286 e. The maximum absolute atomic E-state index is 13.5. The topological polar surface area (TPSA) is 117 Å². The van der Waals surface area contributed by atoms with Crippen molar-refractivity contribution < 1.29 is 20.2 Å². The highest BCUT2D eigenvalue weighted by molar-refractivity contribution is 7.98. The molecule has 0 spiro atoms. The Morgan fingerprint density at radius 2 is 1.87 bits per heavy atom. The predicted octanol–water partition coefficient (Wildman–Crippen LogP) is 4.76. The molecule has 2 N–H and O–H groups in total. The summed E-state index contributed by atoms with van der Waals surface area (Å²) >= 11 is 1.26. The standard InChI is InChI=1S/C28H39N5O4S.ClH.H2/c1-18(2)15-23(24(34)27-31-32-28(37-27)38-3)30-26(36)21-11-4-5-12-22(21)29-25(35)20-10-8-9-19(16-20)17-33-13-6-7-14-33;;/h8-10,16,18,21-23H,4-7,11-15,17H2,1-3H3,(H,29,35)(H,30,36);2*1H/t21-,22+,23+;;/m1../s1. The van der Waals surface area contributed by atoms with E-state index in [1.807, 2.05) is 32.0 Å². The van der Waals surface area contributed by atoms with Crippen molar-refractivity contribution in [2.45, 2.75) is 82.6 Å². The lowest BCUT2D eigenvalue weighted by Crippen LogP contribution is -2.52. The molecular weight excluding hydrogens is 538 g/mol. The molecule has 1 aliphatic heterocycles. The van der Waals surface area contributed by atoms with Crippen molar-refractivity contribution in [1.29, 1.82) is 0 Å². The van der Waals surface area contributed by atoms with Crippen LogP contribution in [0.5, 0.6) is 0 Å². The normalized spacial score (nSPS) is 20.3. The molecule has 0 radical (unpaired) electrons. The second kappa shape index (κ2) is 14.8. The van der Waals surface area contributed by atoms with Gasteiger partial charge in [0, 0.05) is 19.6 Å². The first-order valence-electron chi connectivity index (χ1n) is 13.7. The predicted molar refractivity (Wildman–Crippen MR) is 155 cm³/mol. The average Bonchev–Trinajstić information content (AvgIpc) is 3.60. The number of thioether (sulfide) groups is 1. The molecule has 4 rings (SSSR count). The van der Waals surface area contributed by atoms with Crippen LogP contribution < -0.4 is 10.6 Å². The number of nitrogens with one attached hydrogen (secondary N) is 2. The van der Waals surface area contributed by atoms with Crippen LogP contribution in [-0.2, 0) is 11.3 Å². The Kier molecular flexibility index (Phi) is 11.8. The molecule has 2 heterocycles. The molecule has 11 heteroatoms. The van der Waals surface area contributed by atoms with Crippen LogP contribution in [0.3, 0.4) is 0 Å². The summed E-state index contributed by atoms with van der Waals surface area (Å²) in [5.41, 5.74) is 1.73. The molecule has 1 saturated carbocycles. The molecule has 2 aromatic rings. The lowest BCUT2D eigenvalue weighted by Gasteiger charge is -2.32.